The minimum Gasteiger partial charge on any atom is -0.355 e. The molecule has 2 aliphatic carbocycles. The fourth-order valence-corrected chi connectivity index (χ4v) is 4.34. The second kappa shape index (κ2) is 8.64. The molecular weight excluding hydrogens is 364 g/mol. The van der Waals surface area contributed by atoms with Crippen LogP contribution in [0.25, 0.3) is 5.57 Å². The van der Waals surface area contributed by atoms with Crippen LogP contribution in [0.3, 0.4) is 0 Å². The molecule has 6 nitrogen and oxygen atoms in total. The molecule has 6 heteroatoms. The standard InChI is InChI=1S/C23H28N4O2/c1-15-20(16-5-3-2-4-6-16)21(15)23(29)27-18-9-7-17(8-10-18)22(28)25-12-11-19-13-24-14-26-19/h2-6,13-14,17-18,21H,7-12H2,1H3,(H,24,26)(H,25,28)(H,27,29). The Hall–Kier alpha value is -2.89. The highest BCUT2D eigenvalue weighted by Crippen LogP contribution is 2.46. The summed E-state index contributed by atoms with van der Waals surface area (Å²) in [5.41, 5.74) is 4.49. The van der Waals surface area contributed by atoms with E-state index in [2.05, 4.69) is 32.7 Å². The predicted octanol–water partition coefficient (Wildman–Crippen LogP) is 2.85. The van der Waals surface area contributed by atoms with Crippen LogP contribution in [-0.2, 0) is 16.0 Å². The van der Waals surface area contributed by atoms with E-state index in [1.165, 1.54) is 5.57 Å². The molecule has 0 radical (unpaired) electrons. The van der Waals surface area contributed by atoms with Crippen LogP contribution in [0.15, 0.2) is 48.4 Å². The van der Waals surface area contributed by atoms with Gasteiger partial charge in [-0.1, -0.05) is 35.9 Å². The number of hydrogen-bond donors (Lipinski definition) is 3. The number of nitrogens with zero attached hydrogens (tertiary/aromatic N) is 1. The van der Waals surface area contributed by atoms with Gasteiger partial charge < -0.3 is 15.6 Å². The number of carbonyl (C=O) groups is 2. The first kappa shape index (κ1) is 19.4. The molecule has 1 fully saturated rings. The third-order valence-electron chi connectivity index (χ3n) is 6.10. The van der Waals surface area contributed by atoms with Crippen molar-refractivity contribution in [2.24, 2.45) is 11.8 Å². The smallest absolute Gasteiger partial charge is 0.231 e. The summed E-state index contributed by atoms with van der Waals surface area (Å²) in [6.45, 7) is 2.66. The van der Waals surface area contributed by atoms with Crippen molar-refractivity contribution in [1.29, 1.82) is 0 Å². The Bertz CT molecular complexity index is 881. The zero-order chi connectivity index (χ0) is 20.2. The second-order valence-corrected chi connectivity index (χ2v) is 8.07. The lowest BCUT2D eigenvalue weighted by atomic mass is 9.85. The lowest BCUT2D eigenvalue weighted by Crippen LogP contribution is -2.42. The summed E-state index contributed by atoms with van der Waals surface area (Å²) < 4.78 is 0. The monoisotopic (exact) mass is 392 g/mol. The van der Waals surface area contributed by atoms with Crippen LogP contribution in [0.2, 0.25) is 0 Å². The average molecular weight is 393 g/mol. The molecule has 1 atom stereocenters. The van der Waals surface area contributed by atoms with Crippen molar-refractivity contribution < 1.29 is 9.59 Å². The maximum atomic E-state index is 12.7. The topological polar surface area (TPSA) is 86.9 Å². The molecule has 29 heavy (non-hydrogen) atoms. The van der Waals surface area contributed by atoms with Gasteiger partial charge in [-0.3, -0.25) is 9.59 Å². The van der Waals surface area contributed by atoms with Crippen molar-refractivity contribution in [1.82, 2.24) is 20.6 Å². The first-order valence-electron chi connectivity index (χ1n) is 10.4. The van der Waals surface area contributed by atoms with Crippen LogP contribution in [0.1, 0.15) is 43.9 Å². The highest BCUT2D eigenvalue weighted by atomic mass is 16.2. The molecule has 0 bridgehead atoms. The van der Waals surface area contributed by atoms with E-state index >= 15 is 0 Å². The zero-order valence-corrected chi connectivity index (χ0v) is 16.8. The number of carbonyl (C=O) groups excluding carboxylic acids is 2. The molecule has 0 aliphatic heterocycles. The number of imidazole rings is 1. The van der Waals surface area contributed by atoms with Crippen LogP contribution in [0.5, 0.6) is 0 Å². The van der Waals surface area contributed by atoms with E-state index in [0.717, 1.165) is 48.9 Å². The summed E-state index contributed by atoms with van der Waals surface area (Å²) in [6, 6.07) is 10.3. The van der Waals surface area contributed by atoms with Crippen molar-refractivity contribution in [3.8, 4) is 0 Å². The Kier molecular flexibility index (Phi) is 5.79. The Labute approximate surface area is 171 Å². The number of nitrogens with one attached hydrogen (secondary N) is 3. The summed E-state index contributed by atoms with van der Waals surface area (Å²) in [5.74, 6) is 0.195. The maximum Gasteiger partial charge on any atom is 0.231 e. The molecule has 0 saturated heterocycles. The van der Waals surface area contributed by atoms with E-state index in [4.69, 9.17) is 0 Å². The molecule has 2 amide bonds. The fourth-order valence-electron chi connectivity index (χ4n) is 4.34. The minimum absolute atomic E-state index is 0.0468. The first-order chi connectivity index (χ1) is 14.1. The van der Waals surface area contributed by atoms with Crippen LogP contribution in [0, 0.1) is 11.8 Å². The number of amides is 2. The highest BCUT2D eigenvalue weighted by Gasteiger charge is 2.40. The third kappa shape index (κ3) is 4.58. The van der Waals surface area contributed by atoms with Gasteiger partial charge in [-0.15, -0.1) is 0 Å². The molecule has 0 spiro atoms. The van der Waals surface area contributed by atoms with E-state index in [0.29, 0.717) is 6.54 Å². The zero-order valence-electron chi connectivity index (χ0n) is 16.8. The number of aromatic amines is 1. The van der Waals surface area contributed by atoms with Gasteiger partial charge in [0.05, 0.1) is 12.2 Å². The van der Waals surface area contributed by atoms with Gasteiger partial charge in [0.15, 0.2) is 0 Å². The molecule has 2 aromatic rings. The quantitative estimate of drug-likeness (QED) is 0.677. The fraction of sp³-hybridized carbons (Fsp3) is 0.435. The van der Waals surface area contributed by atoms with Crippen molar-refractivity contribution >= 4 is 17.4 Å². The SMILES string of the molecule is CC1=C(c2ccccc2)C1C(=O)NC1CCC(C(=O)NCCc2cnc[nH]2)CC1. The van der Waals surface area contributed by atoms with Crippen molar-refractivity contribution in [2.75, 3.05) is 6.54 Å². The molecule has 2 aliphatic rings. The van der Waals surface area contributed by atoms with Crippen LogP contribution >= 0.6 is 0 Å². The lowest BCUT2D eigenvalue weighted by Gasteiger charge is -2.28. The Morgan fingerprint density at radius 2 is 1.86 bits per heavy atom. The summed E-state index contributed by atoms with van der Waals surface area (Å²) in [4.78, 5) is 32.1. The van der Waals surface area contributed by atoms with Crippen molar-refractivity contribution in [2.45, 2.75) is 45.1 Å². The molecule has 4 rings (SSSR count). The Morgan fingerprint density at radius 3 is 2.55 bits per heavy atom. The summed E-state index contributed by atoms with van der Waals surface area (Å²) in [6.07, 6.45) is 7.54. The minimum atomic E-state index is -0.0825. The number of H-pyrrole nitrogens is 1. The molecule has 1 saturated carbocycles. The van der Waals surface area contributed by atoms with E-state index in [1.54, 1.807) is 12.5 Å². The molecule has 152 valence electrons. The second-order valence-electron chi connectivity index (χ2n) is 8.07. The van der Waals surface area contributed by atoms with Crippen LogP contribution in [0.4, 0.5) is 0 Å². The van der Waals surface area contributed by atoms with Gasteiger partial charge in [-0.2, -0.15) is 0 Å². The summed E-state index contributed by atoms with van der Waals surface area (Å²) in [7, 11) is 0. The maximum absolute atomic E-state index is 12.7. The molecule has 1 unspecified atom stereocenters. The van der Waals surface area contributed by atoms with Crippen LogP contribution in [-0.4, -0.2) is 34.4 Å². The van der Waals surface area contributed by atoms with Crippen LogP contribution < -0.4 is 10.6 Å². The largest absolute Gasteiger partial charge is 0.355 e. The number of aromatic nitrogens is 2. The Balaban J connectivity index is 1.18. The highest BCUT2D eigenvalue weighted by molar-refractivity contribution is 6.05. The lowest BCUT2D eigenvalue weighted by molar-refractivity contribution is -0.126. The number of hydrogen-bond acceptors (Lipinski definition) is 3. The summed E-state index contributed by atoms with van der Waals surface area (Å²) in [5, 5.41) is 6.23. The van der Waals surface area contributed by atoms with Gasteiger partial charge in [-0.25, -0.2) is 4.98 Å². The van der Waals surface area contributed by atoms with E-state index in [1.807, 2.05) is 25.1 Å². The third-order valence-corrected chi connectivity index (χ3v) is 6.10. The number of benzene rings is 1. The predicted molar refractivity (Wildman–Crippen MR) is 112 cm³/mol. The first-order valence-corrected chi connectivity index (χ1v) is 10.4. The number of rotatable bonds is 7. The molecular formula is C23H28N4O2. The van der Waals surface area contributed by atoms with Gasteiger partial charge >= 0.3 is 0 Å². The van der Waals surface area contributed by atoms with Gasteiger partial charge in [0.2, 0.25) is 11.8 Å². The van der Waals surface area contributed by atoms with E-state index in [-0.39, 0.29) is 29.7 Å². The normalized spacial score (nSPS) is 23.6. The molecule has 1 aromatic carbocycles. The van der Waals surface area contributed by atoms with Gasteiger partial charge in [-0.05, 0) is 43.7 Å². The average Bonchev–Trinajstić information content (AvgIpc) is 3.15. The molecule has 3 N–H and O–H groups in total. The van der Waals surface area contributed by atoms with Crippen molar-refractivity contribution in [3.63, 3.8) is 0 Å². The van der Waals surface area contributed by atoms with Gasteiger partial charge in [0.1, 0.15) is 0 Å². The Morgan fingerprint density at radius 1 is 1.10 bits per heavy atom. The molecule has 1 aromatic heterocycles. The van der Waals surface area contributed by atoms with E-state index in [9.17, 15) is 9.59 Å². The van der Waals surface area contributed by atoms with E-state index < -0.39 is 0 Å². The van der Waals surface area contributed by atoms with Crippen molar-refractivity contribution in [3.05, 3.63) is 59.7 Å². The van der Waals surface area contributed by atoms with Gasteiger partial charge in [0.25, 0.3) is 0 Å². The molecule has 1 heterocycles. The van der Waals surface area contributed by atoms with Gasteiger partial charge in [0, 0.05) is 36.8 Å². The summed E-state index contributed by atoms with van der Waals surface area (Å²) >= 11 is 0.